The molecule has 0 unspecified atom stereocenters. The van der Waals surface area contributed by atoms with Crippen LogP contribution >= 0.6 is 0 Å². The van der Waals surface area contributed by atoms with E-state index in [9.17, 15) is 13.2 Å². The zero-order valence-electron chi connectivity index (χ0n) is 24.4. The number of aliphatic imine (C=N–C) groups is 1. The summed E-state index contributed by atoms with van der Waals surface area (Å²) < 4.78 is 40.0. The number of hydrogen-bond donors (Lipinski definition) is 1. The van der Waals surface area contributed by atoms with E-state index in [-0.39, 0.29) is 7.12 Å². The molecule has 7 heteroatoms. The minimum absolute atomic E-state index is 0. The number of rotatable bonds is 11. The van der Waals surface area contributed by atoms with Crippen molar-refractivity contribution in [2.45, 2.75) is 64.5 Å². The quantitative estimate of drug-likeness (QED) is 0.232. The molecule has 222 valence electrons. The van der Waals surface area contributed by atoms with Gasteiger partial charge in [-0.1, -0.05) is 49.6 Å². The van der Waals surface area contributed by atoms with Crippen molar-refractivity contribution in [1.29, 1.82) is 0 Å². The van der Waals surface area contributed by atoms with Gasteiger partial charge in [-0.25, -0.2) is 13.2 Å². The van der Waals surface area contributed by atoms with Gasteiger partial charge in [-0.15, -0.1) is 0 Å². The first-order valence-corrected chi connectivity index (χ1v) is 14.7. The fourth-order valence-electron chi connectivity index (χ4n) is 5.70. The summed E-state index contributed by atoms with van der Waals surface area (Å²) in [5.74, 6) is 0.673. The van der Waals surface area contributed by atoms with Crippen molar-refractivity contribution < 1.29 is 14.6 Å². The standard InChI is InChI=1S/C35H39F3N4.H2/c1-23-8-5-6-11-33(23)42(31-13-14-31)26(4)41-18-16-29(17-19-41)40-30-12-15-32(24(2)20-30)35(39-25(3)21-34(37)38)27-9-7-10-28(36)22-27;/h5-12,15,20,22,29,31,34,40H,3-4,13-14,16-19,21H2,1-2H3;1H. The van der Waals surface area contributed by atoms with Gasteiger partial charge in [-0.2, -0.15) is 0 Å². The average Bonchev–Trinajstić information content (AvgIpc) is 3.79. The normalized spacial score (nSPS) is 16.0. The average molecular weight is 575 g/mol. The van der Waals surface area contributed by atoms with E-state index in [2.05, 4.69) is 64.5 Å². The number of benzene rings is 3. The maximum absolute atomic E-state index is 14.1. The van der Waals surface area contributed by atoms with Crippen LogP contribution in [0.4, 0.5) is 24.5 Å². The van der Waals surface area contributed by atoms with Crippen molar-refractivity contribution in [3.63, 3.8) is 0 Å². The third-order valence-electron chi connectivity index (χ3n) is 8.04. The van der Waals surface area contributed by atoms with Gasteiger partial charge in [0.25, 0.3) is 0 Å². The van der Waals surface area contributed by atoms with E-state index < -0.39 is 18.7 Å². The summed E-state index contributed by atoms with van der Waals surface area (Å²) in [6.45, 7) is 14.2. The van der Waals surface area contributed by atoms with Gasteiger partial charge >= 0.3 is 0 Å². The molecule has 3 aromatic carbocycles. The highest BCUT2D eigenvalue weighted by molar-refractivity contribution is 6.14. The number of piperidine rings is 1. The molecule has 1 aliphatic carbocycles. The number of alkyl halides is 2. The maximum Gasteiger partial charge on any atom is 0.244 e. The second-order valence-corrected chi connectivity index (χ2v) is 11.4. The second-order valence-electron chi connectivity index (χ2n) is 11.4. The minimum Gasteiger partial charge on any atom is -0.382 e. The van der Waals surface area contributed by atoms with E-state index in [1.54, 1.807) is 12.1 Å². The molecule has 0 bridgehead atoms. The molecule has 42 heavy (non-hydrogen) atoms. The Morgan fingerprint density at radius 3 is 2.36 bits per heavy atom. The van der Waals surface area contributed by atoms with Crippen molar-refractivity contribution in [3.05, 3.63) is 119 Å². The van der Waals surface area contributed by atoms with Crippen molar-refractivity contribution in [2.75, 3.05) is 23.3 Å². The Kier molecular flexibility index (Phi) is 9.05. The van der Waals surface area contributed by atoms with E-state index in [0.29, 0.717) is 23.4 Å². The third kappa shape index (κ3) is 7.07. The molecular formula is C35H41F3N4. The summed E-state index contributed by atoms with van der Waals surface area (Å²) in [5.41, 5.74) is 6.18. The number of halogens is 3. The van der Waals surface area contributed by atoms with Gasteiger partial charge < -0.3 is 15.1 Å². The number of nitrogens with zero attached hydrogens (tertiary/aromatic N) is 3. The summed E-state index contributed by atoms with van der Waals surface area (Å²) in [4.78, 5) is 9.26. The van der Waals surface area contributed by atoms with Gasteiger partial charge in [0, 0.05) is 54.8 Å². The number of hydrogen-bond acceptors (Lipinski definition) is 4. The Morgan fingerprint density at radius 1 is 0.976 bits per heavy atom. The number of allylic oxidation sites excluding steroid dienone is 1. The van der Waals surface area contributed by atoms with Gasteiger partial charge in [-0.3, -0.25) is 4.99 Å². The molecule has 4 nitrogen and oxygen atoms in total. The highest BCUT2D eigenvalue weighted by atomic mass is 19.3. The molecule has 0 radical (unpaired) electrons. The van der Waals surface area contributed by atoms with E-state index >= 15 is 0 Å². The van der Waals surface area contributed by atoms with Crippen LogP contribution in [0.5, 0.6) is 0 Å². The highest BCUT2D eigenvalue weighted by Crippen LogP contribution is 2.37. The van der Waals surface area contributed by atoms with Crippen LogP contribution in [0.15, 0.2) is 96.4 Å². The summed E-state index contributed by atoms with van der Waals surface area (Å²) in [6.07, 6.45) is 1.28. The van der Waals surface area contributed by atoms with Crippen molar-refractivity contribution >= 4 is 17.1 Å². The Bertz CT molecular complexity index is 1480. The molecule has 3 aromatic rings. The number of para-hydroxylation sites is 1. The van der Waals surface area contributed by atoms with Crippen LogP contribution in [0.3, 0.4) is 0 Å². The minimum atomic E-state index is -2.55. The van der Waals surface area contributed by atoms with Gasteiger partial charge in [0.15, 0.2) is 0 Å². The van der Waals surface area contributed by atoms with Gasteiger partial charge in [0.1, 0.15) is 11.6 Å². The molecule has 0 spiro atoms. The van der Waals surface area contributed by atoms with Gasteiger partial charge in [-0.05, 0) is 81.0 Å². The molecule has 0 aromatic heterocycles. The monoisotopic (exact) mass is 574 g/mol. The van der Waals surface area contributed by atoms with Crippen LogP contribution in [0, 0.1) is 19.7 Å². The fourth-order valence-corrected chi connectivity index (χ4v) is 5.70. The fraction of sp³-hybridized carbons (Fsp3) is 0.343. The topological polar surface area (TPSA) is 30.9 Å². The molecule has 1 heterocycles. The third-order valence-corrected chi connectivity index (χ3v) is 8.04. The number of anilines is 2. The van der Waals surface area contributed by atoms with Crippen LogP contribution in [-0.2, 0) is 0 Å². The Balaban J connectivity index is 0.00000423. The van der Waals surface area contributed by atoms with E-state index in [0.717, 1.165) is 48.6 Å². The summed E-state index contributed by atoms with van der Waals surface area (Å²) in [6, 6.07) is 21.4. The predicted molar refractivity (Wildman–Crippen MR) is 169 cm³/mol. The SMILES string of the molecule is C=C(CC(F)F)N=C(c1cccc(F)c1)c1ccc(NC2CCN(C(=C)N(c3ccccc3C)C3CC3)CC2)cc1C.[HH]. The van der Waals surface area contributed by atoms with Crippen LogP contribution in [0.1, 0.15) is 55.8 Å². The lowest BCUT2D eigenvalue weighted by Gasteiger charge is -2.40. The number of likely N-dealkylation sites (tertiary alicyclic amines) is 1. The summed E-state index contributed by atoms with van der Waals surface area (Å²) in [5, 5.41) is 3.68. The first-order valence-electron chi connectivity index (χ1n) is 14.7. The lowest BCUT2D eigenvalue weighted by atomic mass is 9.96. The van der Waals surface area contributed by atoms with Crippen LogP contribution < -0.4 is 10.2 Å². The zero-order chi connectivity index (χ0) is 29.8. The molecule has 1 N–H and O–H groups in total. The predicted octanol–water partition coefficient (Wildman–Crippen LogP) is 8.71. The first kappa shape index (κ1) is 29.5. The largest absolute Gasteiger partial charge is 0.382 e. The van der Waals surface area contributed by atoms with E-state index in [4.69, 9.17) is 0 Å². The Hall–Kier alpha value is -4.00. The Morgan fingerprint density at radius 2 is 1.71 bits per heavy atom. The van der Waals surface area contributed by atoms with Crippen LogP contribution in [0.25, 0.3) is 0 Å². The molecule has 1 saturated heterocycles. The maximum atomic E-state index is 14.1. The van der Waals surface area contributed by atoms with E-state index in [1.807, 2.05) is 25.1 Å². The summed E-state index contributed by atoms with van der Waals surface area (Å²) in [7, 11) is 0. The van der Waals surface area contributed by atoms with E-state index in [1.165, 1.54) is 36.2 Å². The lowest BCUT2D eigenvalue weighted by Crippen LogP contribution is -2.43. The molecule has 1 aliphatic heterocycles. The zero-order valence-corrected chi connectivity index (χ0v) is 24.4. The molecule has 2 aliphatic rings. The van der Waals surface area contributed by atoms with Crippen molar-refractivity contribution in [1.82, 2.24) is 4.90 Å². The molecule has 0 amide bonds. The molecule has 1 saturated carbocycles. The molecule has 5 rings (SSSR count). The number of nitrogens with one attached hydrogen (secondary N) is 1. The smallest absolute Gasteiger partial charge is 0.244 e. The summed E-state index contributed by atoms with van der Waals surface area (Å²) >= 11 is 0. The van der Waals surface area contributed by atoms with Crippen LogP contribution in [0.2, 0.25) is 0 Å². The molecular weight excluding hydrogens is 533 g/mol. The molecule has 2 fully saturated rings. The van der Waals surface area contributed by atoms with Crippen molar-refractivity contribution in [2.24, 2.45) is 4.99 Å². The van der Waals surface area contributed by atoms with Gasteiger partial charge in [0.2, 0.25) is 6.43 Å². The second kappa shape index (κ2) is 12.9. The van der Waals surface area contributed by atoms with Gasteiger partial charge in [0.05, 0.1) is 12.1 Å². The first-order chi connectivity index (χ1) is 20.2. The van der Waals surface area contributed by atoms with Crippen LogP contribution in [-0.4, -0.2) is 42.2 Å². The Labute approximate surface area is 248 Å². The number of aryl methyl sites for hydroxylation is 2. The highest BCUT2D eigenvalue weighted by Gasteiger charge is 2.34. The van der Waals surface area contributed by atoms with Crippen molar-refractivity contribution in [3.8, 4) is 0 Å². The molecule has 0 atom stereocenters. The lowest BCUT2D eigenvalue weighted by molar-refractivity contribution is 0.149.